The number of rotatable bonds is 0. The molecule has 0 aromatic carbocycles. The van der Waals surface area contributed by atoms with Crippen molar-refractivity contribution in [2.75, 3.05) is 0 Å². The second-order valence-corrected chi connectivity index (χ2v) is 5.09. The molecule has 3 rings (SSSR count). The molecule has 0 N–H and O–H groups in total. The van der Waals surface area contributed by atoms with Crippen LogP contribution >= 0.6 is 0 Å². The van der Waals surface area contributed by atoms with Gasteiger partial charge in [-0.3, -0.25) is 0 Å². The minimum absolute atomic E-state index is 0.388. The second-order valence-electron chi connectivity index (χ2n) is 5.09. The molecule has 0 aromatic rings. The zero-order valence-electron chi connectivity index (χ0n) is 8.65. The van der Waals surface area contributed by atoms with Crippen molar-refractivity contribution < 1.29 is 0 Å². The molecule has 0 saturated heterocycles. The summed E-state index contributed by atoms with van der Waals surface area (Å²) < 4.78 is 0. The fourth-order valence-corrected chi connectivity index (χ4v) is 3.31. The molecule has 3 aliphatic rings. The maximum absolute atomic E-state index is 2.41. The van der Waals surface area contributed by atoms with E-state index in [-0.39, 0.29) is 0 Å². The van der Waals surface area contributed by atoms with Crippen molar-refractivity contribution in [1.82, 2.24) is 0 Å². The van der Waals surface area contributed by atoms with Crippen molar-refractivity contribution in [2.45, 2.75) is 33.6 Å². The molecule has 0 heteroatoms. The standard InChI is InChI=1S/C13H16/c1-8-6-11-10-4-5-13(3,7-10)12(11)9(8)2/h4-5,8H,6-7H2,1-3H3. The summed E-state index contributed by atoms with van der Waals surface area (Å²) in [6, 6.07) is 0. The lowest BCUT2D eigenvalue weighted by Gasteiger charge is -2.22. The first-order chi connectivity index (χ1) is 6.12. The van der Waals surface area contributed by atoms with Crippen LogP contribution in [-0.4, -0.2) is 0 Å². The maximum Gasteiger partial charge on any atom is 0.0150 e. The third-order valence-corrected chi connectivity index (χ3v) is 4.11. The van der Waals surface area contributed by atoms with Crippen LogP contribution in [0.3, 0.4) is 0 Å². The van der Waals surface area contributed by atoms with Gasteiger partial charge in [-0.15, -0.1) is 0 Å². The van der Waals surface area contributed by atoms with E-state index in [1.165, 1.54) is 12.8 Å². The third-order valence-electron chi connectivity index (χ3n) is 4.11. The van der Waals surface area contributed by atoms with Crippen LogP contribution in [-0.2, 0) is 0 Å². The normalized spacial score (nSPS) is 41.0. The van der Waals surface area contributed by atoms with E-state index in [1.54, 1.807) is 22.3 Å². The average molecular weight is 172 g/mol. The lowest BCUT2D eigenvalue weighted by atomic mass is 9.82. The van der Waals surface area contributed by atoms with Gasteiger partial charge in [0.2, 0.25) is 0 Å². The Kier molecular flexibility index (Phi) is 1.17. The minimum atomic E-state index is 0.388. The summed E-state index contributed by atoms with van der Waals surface area (Å²) in [5, 5.41) is 0. The van der Waals surface area contributed by atoms with Crippen LogP contribution in [0.25, 0.3) is 0 Å². The fourth-order valence-electron chi connectivity index (χ4n) is 3.31. The van der Waals surface area contributed by atoms with E-state index in [4.69, 9.17) is 0 Å². The smallest absolute Gasteiger partial charge is 0.0150 e. The molecular weight excluding hydrogens is 156 g/mol. The van der Waals surface area contributed by atoms with Crippen molar-refractivity contribution in [3.8, 4) is 0 Å². The number of hydrogen-bond acceptors (Lipinski definition) is 0. The van der Waals surface area contributed by atoms with Gasteiger partial charge in [0, 0.05) is 5.41 Å². The fraction of sp³-hybridized carbons (Fsp3) is 0.538. The first-order valence-corrected chi connectivity index (χ1v) is 5.25. The van der Waals surface area contributed by atoms with E-state index in [0.717, 1.165) is 5.92 Å². The van der Waals surface area contributed by atoms with Crippen LogP contribution in [0, 0.1) is 11.3 Å². The Morgan fingerprint density at radius 2 is 2.23 bits per heavy atom. The van der Waals surface area contributed by atoms with Crippen LogP contribution in [0.1, 0.15) is 33.6 Å². The van der Waals surface area contributed by atoms with E-state index >= 15 is 0 Å². The molecule has 0 nitrogen and oxygen atoms in total. The predicted octanol–water partition coefficient (Wildman–Crippen LogP) is 3.62. The molecule has 0 aromatic heterocycles. The Morgan fingerprint density at radius 3 is 2.92 bits per heavy atom. The predicted molar refractivity (Wildman–Crippen MR) is 55.4 cm³/mol. The van der Waals surface area contributed by atoms with Crippen LogP contribution in [0.5, 0.6) is 0 Å². The highest BCUT2D eigenvalue weighted by molar-refractivity contribution is 5.62. The summed E-state index contributed by atoms with van der Waals surface area (Å²) in [7, 11) is 0. The molecule has 0 spiro atoms. The minimum Gasteiger partial charge on any atom is -0.0736 e. The largest absolute Gasteiger partial charge is 0.0736 e. The molecule has 0 heterocycles. The van der Waals surface area contributed by atoms with Crippen LogP contribution in [0.4, 0.5) is 0 Å². The Hall–Kier alpha value is -0.780. The Morgan fingerprint density at radius 1 is 1.46 bits per heavy atom. The summed E-state index contributed by atoms with van der Waals surface area (Å²) in [4.78, 5) is 0. The summed E-state index contributed by atoms with van der Waals surface area (Å²) in [6.45, 7) is 7.07. The lowest BCUT2D eigenvalue weighted by Crippen LogP contribution is -2.10. The third kappa shape index (κ3) is 0.727. The monoisotopic (exact) mass is 172 g/mol. The summed E-state index contributed by atoms with van der Waals surface area (Å²) >= 11 is 0. The molecule has 0 saturated carbocycles. The molecule has 2 bridgehead atoms. The van der Waals surface area contributed by atoms with E-state index in [2.05, 4.69) is 32.9 Å². The molecule has 0 fully saturated rings. The van der Waals surface area contributed by atoms with Crippen molar-refractivity contribution in [1.29, 1.82) is 0 Å². The average Bonchev–Trinajstić information content (AvgIpc) is 2.64. The molecule has 2 unspecified atom stereocenters. The highest BCUT2D eigenvalue weighted by Gasteiger charge is 2.45. The summed E-state index contributed by atoms with van der Waals surface area (Å²) in [5.74, 6) is 0.791. The van der Waals surface area contributed by atoms with Crippen LogP contribution < -0.4 is 0 Å². The SMILES string of the molecule is CC1=C2C(=C3C=CC2(C)C3)CC1C. The Bertz CT molecular complexity index is 379. The molecule has 2 atom stereocenters. The van der Waals surface area contributed by atoms with Crippen molar-refractivity contribution in [3.05, 3.63) is 34.4 Å². The maximum atomic E-state index is 2.41. The van der Waals surface area contributed by atoms with Crippen LogP contribution in [0.2, 0.25) is 0 Å². The molecule has 0 aliphatic heterocycles. The van der Waals surface area contributed by atoms with Crippen LogP contribution in [0.15, 0.2) is 34.4 Å². The highest BCUT2D eigenvalue weighted by atomic mass is 14.5. The molecule has 68 valence electrons. The highest BCUT2D eigenvalue weighted by Crippen LogP contribution is 2.59. The van der Waals surface area contributed by atoms with Gasteiger partial charge in [-0.25, -0.2) is 0 Å². The lowest BCUT2D eigenvalue weighted by molar-refractivity contribution is 0.559. The Balaban J connectivity index is 2.26. The van der Waals surface area contributed by atoms with Gasteiger partial charge in [-0.2, -0.15) is 0 Å². The summed E-state index contributed by atoms with van der Waals surface area (Å²) in [6.07, 6.45) is 7.34. The zero-order chi connectivity index (χ0) is 9.22. The van der Waals surface area contributed by atoms with Gasteiger partial charge in [0.1, 0.15) is 0 Å². The quantitative estimate of drug-likeness (QED) is 0.523. The number of fused-ring (bicyclic) bond motifs is 4. The van der Waals surface area contributed by atoms with Crippen molar-refractivity contribution >= 4 is 0 Å². The van der Waals surface area contributed by atoms with Gasteiger partial charge in [-0.05, 0) is 42.4 Å². The van der Waals surface area contributed by atoms with Gasteiger partial charge < -0.3 is 0 Å². The first kappa shape index (κ1) is 7.61. The van der Waals surface area contributed by atoms with Gasteiger partial charge in [-0.1, -0.05) is 31.6 Å². The van der Waals surface area contributed by atoms with E-state index in [0.29, 0.717) is 5.41 Å². The second kappa shape index (κ2) is 2.00. The topological polar surface area (TPSA) is 0 Å². The van der Waals surface area contributed by atoms with E-state index in [9.17, 15) is 0 Å². The zero-order valence-corrected chi connectivity index (χ0v) is 8.65. The van der Waals surface area contributed by atoms with Gasteiger partial charge in [0.05, 0.1) is 0 Å². The number of hydrogen-bond donors (Lipinski definition) is 0. The van der Waals surface area contributed by atoms with Gasteiger partial charge in [0.15, 0.2) is 0 Å². The molecule has 13 heavy (non-hydrogen) atoms. The van der Waals surface area contributed by atoms with E-state index < -0.39 is 0 Å². The van der Waals surface area contributed by atoms with E-state index in [1.807, 2.05) is 0 Å². The van der Waals surface area contributed by atoms with Gasteiger partial charge in [0.25, 0.3) is 0 Å². The molecular formula is C13H16. The Labute approximate surface area is 80.0 Å². The molecule has 3 aliphatic carbocycles. The molecule has 0 radical (unpaired) electrons. The van der Waals surface area contributed by atoms with Crippen molar-refractivity contribution in [3.63, 3.8) is 0 Å². The number of allylic oxidation sites excluding steroid dienone is 6. The molecule has 0 amide bonds. The first-order valence-electron chi connectivity index (χ1n) is 5.25. The summed E-state index contributed by atoms with van der Waals surface area (Å²) in [5.41, 5.74) is 7.05. The van der Waals surface area contributed by atoms with Gasteiger partial charge >= 0.3 is 0 Å². The van der Waals surface area contributed by atoms with Crippen molar-refractivity contribution in [2.24, 2.45) is 11.3 Å².